The standard InChI is InChI=1S/C5H11NO2/c1-3-8-5(7)4-6-2/h6H,3-4H2,1-2H3/p+1. The van der Waals surface area contributed by atoms with Crippen LogP contribution in [0, 0.1) is 0 Å². The molecule has 0 radical (unpaired) electrons. The predicted octanol–water partition coefficient (Wildman–Crippen LogP) is -1.26. The molecule has 0 saturated carbocycles. The van der Waals surface area contributed by atoms with Gasteiger partial charge in [-0.25, -0.2) is 4.79 Å². The third-order valence-corrected chi connectivity index (χ3v) is 0.676. The van der Waals surface area contributed by atoms with Crippen LogP contribution >= 0.6 is 0 Å². The van der Waals surface area contributed by atoms with Crippen molar-refractivity contribution in [3.05, 3.63) is 0 Å². The summed E-state index contributed by atoms with van der Waals surface area (Å²) >= 11 is 0. The molecule has 0 atom stereocenters. The number of esters is 1. The lowest BCUT2D eigenvalue weighted by Crippen LogP contribution is -2.81. The maximum Gasteiger partial charge on any atom is 0.361 e. The second kappa shape index (κ2) is 4.59. The Morgan fingerprint density at radius 2 is 2.38 bits per heavy atom. The first-order valence-electron chi connectivity index (χ1n) is 2.74. The number of carbonyl (C=O) groups excluding carboxylic acids is 1. The van der Waals surface area contributed by atoms with Crippen LogP contribution in [0.4, 0.5) is 0 Å². The van der Waals surface area contributed by atoms with E-state index in [0.717, 1.165) is 0 Å². The van der Waals surface area contributed by atoms with Crippen LogP contribution in [0.5, 0.6) is 0 Å². The third-order valence-electron chi connectivity index (χ3n) is 0.676. The molecule has 0 aromatic rings. The number of quaternary nitrogens is 1. The Morgan fingerprint density at radius 1 is 1.75 bits per heavy atom. The maximum atomic E-state index is 10.4. The average Bonchev–Trinajstić information content (AvgIpc) is 1.68. The van der Waals surface area contributed by atoms with Crippen molar-refractivity contribution in [2.75, 3.05) is 20.2 Å². The molecule has 0 rings (SSSR count). The van der Waals surface area contributed by atoms with Crippen LogP contribution in [0.2, 0.25) is 0 Å². The van der Waals surface area contributed by atoms with Gasteiger partial charge in [0.15, 0.2) is 6.54 Å². The summed E-state index contributed by atoms with van der Waals surface area (Å²) in [5, 5.41) is 1.78. The van der Waals surface area contributed by atoms with Gasteiger partial charge >= 0.3 is 5.97 Å². The van der Waals surface area contributed by atoms with E-state index in [4.69, 9.17) is 0 Å². The maximum absolute atomic E-state index is 10.4. The van der Waals surface area contributed by atoms with Crippen LogP contribution in [-0.4, -0.2) is 26.2 Å². The molecule has 0 heterocycles. The Balaban J connectivity index is 3.06. The predicted molar refractivity (Wildman–Crippen MR) is 29.3 cm³/mol. The summed E-state index contributed by atoms with van der Waals surface area (Å²) in [6, 6.07) is 0. The molecule has 0 bridgehead atoms. The molecule has 2 N–H and O–H groups in total. The molecule has 0 unspecified atom stereocenters. The summed E-state index contributed by atoms with van der Waals surface area (Å²) in [5.41, 5.74) is 0. The highest BCUT2D eigenvalue weighted by molar-refractivity contribution is 5.70. The van der Waals surface area contributed by atoms with E-state index in [2.05, 4.69) is 4.74 Å². The molecule has 0 amide bonds. The fourth-order valence-electron chi connectivity index (χ4n) is 0.387. The van der Waals surface area contributed by atoms with Gasteiger partial charge in [0.2, 0.25) is 0 Å². The van der Waals surface area contributed by atoms with Crippen molar-refractivity contribution in [3.63, 3.8) is 0 Å². The molecule has 8 heavy (non-hydrogen) atoms. The van der Waals surface area contributed by atoms with Crippen LogP contribution in [0.3, 0.4) is 0 Å². The van der Waals surface area contributed by atoms with E-state index in [1.54, 1.807) is 12.2 Å². The van der Waals surface area contributed by atoms with Crippen molar-refractivity contribution in [3.8, 4) is 0 Å². The second-order valence-electron chi connectivity index (χ2n) is 1.42. The molecule has 0 aliphatic heterocycles. The van der Waals surface area contributed by atoms with E-state index < -0.39 is 0 Å². The lowest BCUT2D eigenvalue weighted by molar-refractivity contribution is -0.617. The average molecular weight is 118 g/mol. The van der Waals surface area contributed by atoms with Gasteiger partial charge < -0.3 is 10.1 Å². The zero-order valence-corrected chi connectivity index (χ0v) is 5.31. The molecule has 0 aromatic heterocycles. The van der Waals surface area contributed by atoms with Crippen LogP contribution in [-0.2, 0) is 9.53 Å². The Kier molecular flexibility index (Phi) is 4.26. The molecule has 0 saturated heterocycles. The van der Waals surface area contributed by atoms with Gasteiger partial charge in [-0.1, -0.05) is 0 Å². The van der Waals surface area contributed by atoms with Crippen molar-refractivity contribution in [2.45, 2.75) is 6.92 Å². The zero-order valence-electron chi connectivity index (χ0n) is 5.31. The number of nitrogens with two attached hydrogens (primary N) is 1. The van der Waals surface area contributed by atoms with Crippen molar-refractivity contribution < 1.29 is 14.8 Å². The summed E-state index contributed by atoms with van der Waals surface area (Å²) in [5.74, 6) is -0.144. The largest absolute Gasteiger partial charge is 0.462 e. The molecular formula is C5H12NO2+. The number of hydrogen-bond acceptors (Lipinski definition) is 2. The van der Waals surface area contributed by atoms with Crippen molar-refractivity contribution in [1.29, 1.82) is 0 Å². The molecule has 48 valence electrons. The number of rotatable bonds is 3. The molecular weight excluding hydrogens is 106 g/mol. The van der Waals surface area contributed by atoms with Gasteiger partial charge in [0.25, 0.3) is 0 Å². The second-order valence-corrected chi connectivity index (χ2v) is 1.42. The Hall–Kier alpha value is -0.570. The van der Waals surface area contributed by atoms with Gasteiger partial charge in [0.05, 0.1) is 13.7 Å². The highest BCUT2D eigenvalue weighted by Gasteiger charge is 1.98. The monoisotopic (exact) mass is 118 g/mol. The van der Waals surface area contributed by atoms with Crippen LogP contribution in [0.1, 0.15) is 6.92 Å². The summed E-state index contributed by atoms with van der Waals surface area (Å²) < 4.78 is 4.61. The molecule has 0 aliphatic rings. The highest BCUT2D eigenvalue weighted by Crippen LogP contribution is 1.69. The van der Waals surface area contributed by atoms with Crippen molar-refractivity contribution in [2.24, 2.45) is 0 Å². The van der Waals surface area contributed by atoms with E-state index in [1.807, 2.05) is 7.05 Å². The minimum absolute atomic E-state index is 0.144. The topological polar surface area (TPSA) is 42.9 Å². The van der Waals surface area contributed by atoms with Gasteiger partial charge in [-0.15, -0.1) is 0 Å². The van der Waals surface area contributed by atoms with Gasteiger partial charge in [-0.05, 0) is 6.92 Å². The summed E-state index contributed by atoms with van der Waals surface area (Å²) in [4.78, 5) is 10.4. The quantitative estimate of drug-likeness (QED) is 0.470. The van der Waals surface area contributed by atoms with Gasteiger partial charge in [-0.2, -0.15) is 0 Å². The van der Waals surface area contributed by atoms with Crippen molar-refractivity contribution >= 4 is 5.97 Å². The molecule has 0 fully saturated rings. The first-order chi connectivity index (χ1) is 3.81. The van der Waals surface area contributed by atoms with Crippen LogP contribution < -0.4 is 5.32 Å². The first kappa shape index (κ1) is 7.43. The fraction of sp³-hybridized carbons (Fsp3) is 0.800. The molecule has 0 spiro atoms. The van der Waals surface area contributed by atoms with E-state index in [1.165, 1.54) is 0 Å². The lowest BCUT2D eigenvalue weighted by Gasteiger charge is -1.95. The summed E-state index contributed by atoms with van der Waals surface area (Å²) in [6.07, 6.45) is 0. The van der Waals surface area contributed by atoms with Gasteiger partial charge in [0, 0.05) is 0 Å². The Labute approximate surface area is 49.0 Å². The zero-order chi connectivity index (χ0) is 6.41. The number of ether oxygens (including phenoxy) is 1. The highest BCUT2D eigenvalue weighted by atomic mass is 16.5. The lowest BCUT2D eigenvalue weighted by atomic mass is 10.6. The van der Waals surface area contributed by atoms with E-state index in [-0.39, 0.29) is 5.97 Å². The normalized spacial score (nSPS) is 8.75. The Bertz CT molecular complexity index is 64.8. The summed E-state index contributed by atoms with van der Waals surface area (Å²) in [6.45, 7) is 2.70. The van der Waals surface area contributed by atoms with Crippen LogP contribution in [0.25, 0.3) is 0 Å². The van der Waals surface area contributed by atoms with E-state index >= 15 is 0 Å². The SMILES string of the molecule is CCOC(=O)C[NH2+]C. The minimum Gasteiger partial charge on any atom is -0.462 e. The number of carbonyl (C=O) groups is 1. The number of likely N-dealkylation sites (N-methyl/N-ethyl adjacent to an activating group) is 1. The van der Waals surface area contributed by atoms with Crippen molar-refractivity contribution in [1.82, 2.24) is 0 Å². The fourth-order valence-corrected chi connectivity index (χ4v) is 0.387. The first-order valence-corrected chi connectivity index (χ1v) is 2.74. The van der Waals surface area contributed by atoms with Crippen LogP contribution in [0.15, 0.2) is 0 Å². The van der Waals surface area contributed by atoms with E-state index in [0.29, 0.717) is 13.2 Å². The molecule has 0 aromatic carbocycles. The molecule has 0 aliphatic carbocycles. The van der Waals surface area contributed by atoms with Gasteiger partial charge in [-0.3, -0.25) is 0 Å². The third kappa shape index (κ3) is 3.61. The summed E-state index contributed by atoms with van der Waals surface area (Å²) in [7, 11) is 1.83. The number of hydrogen-bond donors (Lipinski definition) is 1. The van der Waals surface area contributed by atoms with E-state index in [9.17, 15) is 4.79 Å². The minimum atomic E-state index is -0.144. The smallest absolute Gasteiger partial charge is 0.361 e. The molecule has 3 nitrogen and oxygen atoms in total. The Morgan fingerprint density at radius 3 is 2.75 bits per heavy atom. The van der Waals surface area contributed by atoms with Gasteiger partial charge in [0.1, 0.15) is 0 Å². The molecule has 3 heteroatoms.